The van der Waals surface area contributed by atoms with Gasteiger partial charge in [0, 0.05) is 30.8 Å². The van der Waals surface area contributed by atoms with Crippen LogP contribution in [0.5, 0.6) is 11.5 Å². The van der Waals surface area contributed by atoms with Crippen LogP contribution in [-0.2, 0) is 13.5 Å². The van der Waals surface area contributed by atoms with Gasteiger partial charge < -0.3 is 19.4 Å². The maximum atomic E-state index is 5.52. The van der Waals surface area contributed by atoms with Gasteiger partial charge in [-0.15, -0.1) is 0 Å². The lowest BCUT2D eigenvalue weighted by Gasteiger charge is -2.08. The predicted octanol–water partition coefficient (Wildman–Crippen LogP) is 2.35. The van der Waals surface area contributed by atoms with Crippen LogP contribution in [0.2, 0.25) is 0 Å². The molecule has 0 saturated heterocycles. The Balaban J connectivity index is 2.48. The molecule has 4 heteroatoms. The van der Waals surface area contributed by atoms with Crippen molar-refractivity contribution >= 4 is 10.9 Å². The first kappa shape index (κ1) is 13.7. The zero-order valence-corrected chi connectivity index (χ0v) is 12.1. The van der Waals surface area contributed by atoms with Crippen LogP contribution in [-0.4, -0.2) is 31.9 Å². The third-order valence-electron chi connectivity index (χ3n) is 3.38. The molecule has 1 heterocycles. The molecule has 2 rings (SSSR count). The van der Waals surface area contributed by atoms with E-state index in [-0.39, 0.29) is 0 Å². The van der Waals surface area contributed by atoms with Gasteiger partial charge in [0.1, 0.15) is 11.5 Å². The van der Waals surface area contributed by atoms with E-state index in [1.165, 1.54) is 10.9 Å². The van der Waals surface area contributed by atoms with E-state index in [2.05, 4.69) is 36.1 Å². The van der Waals surface area contributed by atoms with Crippen LogP contribution >= 0.6 is 0 Å². The van der Waals surface area contributed by atoms with Crippen LogP contribution in [0.15, 0.2) is 18.3 Å². The van der Waals surface area contributed by atoms with E-state index in [0.717, 1.165) is 36.5 Å². The van der Waals surface area contributed by atoms with Gasteiger partial charge in [0.05, 0.1) is 19.7 Å². The van der Waals surface area contributed by atoms with Crippen molar-refractivity contribution in [3.8, 4) is 11.5 Å². The van der Waals surface area contributed by atoms with E-state index < -0.39 is 0 Å². The molecule has 2 aromatic rings. The summed E-state index contributed by atoms with van der Waals surface area (Å²) in [6, 6.07) is 3.99. The van der Waals surface area contributed by atoms with Crippen molar-refractivity contribution in [1.29, 1.82) is 0 Å². The Kier molecular flexibility index (Phi) is 4.32. The van der Waals surface area contributed by atoms with Crippen LogP contribution in [0.25, 0.3) is 10.9 Å². The summed E-state index contributed by atoms with van der Waals surface area (Å²) in [7, 11) is 5.43. The van der Waals surface area contributed by atoms with Crippen molar-refractivity contribution in [3.63, 3.8) is 0 Å². The molecule has 0 atom stereocenters. The lowest BCUT2D eigenvalue weighted by molar-refractivity contribution is 0.397. The van der Waals surface area contributed by atoms with Gasteiger partial charge in [0.15, 0.2) is 0 Å². The number of benzene rings is 1. The number of nitrogens with zero attached hydrogens (tertiary/aromatic N) is 1. The Labute approximate surface area is 114 Å². The maximum absolute atomic E-state index is 5.52. The van der Waals surface area contributed by atoms with Crippen molar-refractivity contribution in [3.05, 3.63) is 23.9 Å². The average Bonchev–Trinajstić information content (AvgIpc) is 2.75. The van der Waals surface area contributed by atoms with E-state index in [1.54, 1.807) is 14.2 Å². The SMILES string of the molecule is CCNCCc1cn(C)c2cc(OC)cc(OC)c12. The normalized spacial score (nSPS) is 10.9. The second kappa shape index (κ2) is 5.97. The van der Waals surface area contributed by atoms with Crippen LogP contribution < -0.4 is 14.8 Å². The Morgan fingerprint density at radius 1 is 1.21 bits per heavy atom. The monoisotopic (exact) mass is 262 g/mol. The molecular weight excluding hydrogens is 240 g/mol. The highest BCUT2D eigenvalue weighted by Gasteiger charge is 2.13. The molecule has 0 aliphatic carbocycles. The molecule has 0 fully saturated rings. The third kappa shape index (κ3) is 2.68. The van der Waals surface area contributed by atoms with Gasteiger partial charge in [0.2, 0.25) is 0 Å². The van der Waals surface area contributed by atoms with Crippen molar-refractivity contribution in [2.75, 3.05) is 27.3 Å². The number of likely N-dealkylation sites (N-methyl/N-ethyl adjacent to an activating group) is 1. The number of nitrogens with one attached hydrogen (secondary N) is 1. The Bertz CT molecular complexity index is 561. The zero-order chi connectivity index (χ0) is 13.8. The fourth-order valence-electron chi connectivity index (χ4n) is 2.41. The first-order chi connectivity index (χ1) is 9.21. The lowest BCUT2D eigenvalue weighted by Crippen LogP contribution is -2.15. The molecule has 104 valence electrons. The summed E-state index contributed by atoms with van der Waals surface area (Å²) in [5.74, 6) is 1.70. The van der Waals surface area contributed by atoms with Crippen LogP contribution in [0.3, 0.4) is 0 Å². The highest BCUT2D eigenvalue weighted by Crippen LogP contribution is 2.34. The summed E-state index contributed by atoms with van der Waals surface area (Å²) in [4.78, 5) is 0. The molecule has 0 aliphatic heterocycles. The zero-order valence-electron chi connectivity index (χ0n) is 12.1. The average molecular weight is 262 g/mol. The van der Waals surface area contributed by atoms with Gasteiger partial charge in [-0.3, -0.25) is 0 Å². The van der Waals surface area contributed by atoms with Crippen molar-refractivity contribution in [2.45, 2.75) is 13.3 Å². The quantitative estimate of drug-likeness (QED) is 0.812. The molecule has 0 radical (unpaired) electrons. The molecule has 1 aromatic heterocycles. The molecule has 0 bridgehead atoms. The minimum Gasteiger partial charge on any atom is -0.497 e. The maximum Gasteiger partial charge on any atom is 0.132 e. The number of rotatable bonds is 6. The molecule has 19 heavy (non-hydrogen) atoms. The minimum atomic E-state index is 0.823. The van der Waals surface area contributed by atoms with E-state index in [4.69, 9.17) is 9.47 Å². The number of aromatic nitrogens is 1. The van der Waals surface area contributed by atoms with E-state index in [1.807, 2.05) is 6.07 Å². The summed E-state index contributed by atoms with van der Waals surface area (Å²) in [6.45, 7) is 4.09. The van der Waals surface area contributed by atoms with Crippen LogP contribution in [0.1, 0.15) is 12.5 Å². The fraction of sp³-hybridized carbons (Fsp3) is 0.467. The second-order valence-electron chi connectivity index (χ2n) is 4.59. The first-order valence-corrected chi connectivity index (χ1v) is 6.61. The number of hydrogen-bond acceptors (Lipinski definition) is 3. The molecule has 0 amide bonds. The molecule has 0 aliphatic rings. The lowest BCUT2D eigenvalue weighted by atomic mass is 10.1. The first-order valence-electron chi connectivity index (χ1n) is 6.61. The minimum absolute atomic E-state index is 0.823. The highest BCUT2D eigenvalue weighted by molar-refractivity contribution is 5.91. The Morgan fingerprint density at radius 3 is 2.63 bits per heavy atom. The number of fused-ring (bicyclic) bond motifs is 1. The summed E-state index contributed by atoms with van der Waals surface area (Å²) >= 11 is 0. The van der Waals surface area contributed by atoms with E-state index in [0.29, 0.717) is 0 Å². The van der Waals surface area contributed by atoms with Gasteiger partial charge in [-0.05, 0) is 25.1 Å². The van der Waals surface area contributed by atoms with Gasteiger partial charge in [-0.25, -0.2) is 0 Å². The third-order valence-corrected chi connectivity index (χ3v) is 3.38. The largest absolute Gasteiger partial charge is 0.497 e. The van der Waals surface area contributed by atoms with Gasteiger partial charge in [-0.2, -0.15) is 0 Å². The van der Waals surface area contributed by atoms with Crippen molar-refractivity contribution < 1.29 is 9.47 Å². The van der Waals surface area contributed by atoms with E-state index >= 15 is 0 Å². The molecule has 4 nitrogen and oxygen atoms in total. The van der Waals surface area contributed by atoms with E-state index in [9.17, 15) is 0 Å². The summed E-state index contributed by atoms with van der Waals surface area (Å²) in [5, 5.41) is 4.54. The molecular formula is C15H22N2O2. The van der Waals surface area contributed by atoms with Crippen molar-refractivity contribution in [1.82, 2.24) is 9.88 Å². The number of aryl methyl sites for hydroxylation is 1. The Hall–Kier alpha value is -1.68. The Morgan fingerprint density at radius 2 is 2.00 bits per heavy atom. The van der Waals surface area contributed by atoms with Crippen LogP contribution in [0, 0.1) is 0 Å². The number of methoxy groups -OCH3 is 2. The molecule has 0 unspecified atom stereocenters. The molecule has 0 spiro atoms. The van der Waals surface area contributed by atoms with Gasteiger partial charge in [0.25, 0.3) is 0 Å². The summed E-state index contributed by atoms with van der Waals surface area (Å²) in [6.07, 6.45) is 3.16. The standard InChI is InChI=1S/C15H22N2O2/c1-5-16-7-6-11-10-17(2)13-8-12(18-3)9-14(19-4)15(11)13/h8-10,16H,5-7H2,1-4H3. The summed E-state index contributed by atoms with van der Waals surface area (Å²) < 4.78 is 13.0. The molecule has 0 saturated carbocycles. The van der Waals surface area contributed by atoms with Crippen molar-refractivity contribution in [2.24, 2.45) is 7.05 Å². The summed E-state index contributed by atoms with van der Waals surface area (Å²) in [5.41, 5.74) is 2.45. The highest BCUT2D eigenvalue weighted by atomic mass is 16.5. The smallest absolute Gasteiger partial charge is 0.132 e. The van der Waals surface area contributed by atoms with Gasteiger partial charge >= 0.3 is 0 Å². The number of hydrogen-bond donors (Lipinski definition) is 1. The second-order valence-corrected chi connectivity index (χ2v) is 4.59. The fourth-order valence-corrected chi connectivity index (χ4v) is 2.41. The van der Waals surface area contributed by atoms with Crippen LogP contribution in [0.4, 0.5) is 0 Å². The molecule has 1 aromatic carbocycles. The topological polar surface area (TPSA) is 35.4 Å². The molecule has 1 N–H and O–H groups in total. The predicted molar refractivity (Wildman–Crippen MR) is 78.3 cm³/mol. The number of ether oxygens (including phenoxy) is 2. The van der Waals surface area contributed by atoms with Gasteiger partial charge in [-0.1, -0.05) is 6.92 Å².